The van der Waals surface area contributed by atoms with Crippen LogP contribution in [0.15, 0.2) is 0 Å². The van der Waals surface area contributed by atoms with Gasteiger partial charge in [-0.3, -0.25) is 0 Å². The van der Waals surface area contributed by atoms with Crippen LogP contribution in [-0.4, -0.2) is 51.6 Å². The van der Waals surface area contributed by atoms with Crippen LogP contribution in [0, 0.1) is 0 Å². The first-order valence-electron chi connectivity index (χ1n) is 4.12. The van der Waals surface area contributed by atoms with Crippen molar-refractivity contribution >= 4 is 19.9 Å². The van der Waals surface area contributed by atoms with Crippen LogP contribution < -0.4 is 5.73 Å². The van der Waals surface area contributed by atoms with Crippen LogP contribution in [0.3, 0.4) is 0 Å². The van der Waals surface area contributed by atoms with Crippen LogP contribution in [-0.2, 0) is 19.9 Å². The quantitative estimate of drug-likeness (QED) is 0.639. The van der Waals surface area contributed by atoms with Crippen LogP contribution >= 0.6 is 0 Å². The maximum Gasteiger partial charge on any atom is 0.228 e. The van der Waals surface area contributed by atoms with E-state index in [0.29, 0.717) is 13.0 Å². The lowest BCUT2D eigenvalue weighted by Crippen LogP contribution is -2.35. The summed E-state index contributed by atoms with van der Waals surface area (Å²) in [5.41, 5.74) is 5.53. The molecule has 1 aliphatic rings. The van der Waals surface area contributed by atoms with E-state index in [-0.39, 0.29) is 12.6 Å². The first-order chi connectivity index (χ1) is 6.21. The Kier molecular flexibility index (Phi) is 3.20. The van der Waals surface area contributed by atoms with Crippen molar-refractivity contribution in [1.29, 1.82) is 0 Å². The fourth-order valence-corrected chi connectivity index (χ4v) is 4.91. The van der Waals surface area contributed by atoms with Gasteiger partial charge in [-0.2, -0.15) is 4.31 Å². The smallest absolute Gasteiger partial charge is 0.228 e. The van der Waals surface area contributed by atoms with Gasteiger partial charge in [0, 0.05) is 25.4 Å². The zero-order chi connectivity index (χ0) is 11.0. The summed E-state index contributed by atoms with van der Waals surface area (Å²) >= 11 is 0. The Bertz CT molecular complexity index is 400. The summed E-state index contributed by atoms with van der Waals surface area (Å²) in [7, 11) is -7.19. The number of sulfonamides is 1. The predicted octanol–water partition coefficient (Wildman–Crippen LogP) is -1.65. The molecule has 1 atom stereocenters. The van der Waals surface area contributed by atoms with Crippen LogP contribution in [0.4, 0.5) is 0 Å². The molecular weight excluding hydrogens is 228 g/mol. The molecule has 1 aliphatic heterocycles. The highest BCUT2D eigenvalue weighted by molar-refractivity contribution is 8.06. The summed E-state index contributed by atoms with van der Waals surface area (Å²) in [4.78, 5) is 0. The standard InChI is InChI=1S/C6H14N2O4S2/c1-13(9,10)5-14(11,12)8-3-2-6(7)4-8/h6H,2-5,7H2,1H3/t6-/m0/s1. The summed E-state index contributed by atoms with van der Waals surface area (Å²) in [5, 5.41) is -0.827. The van der Waals surface area contributed by atoms with Crippen molar-refractivity contribution in [2.24, 2.45) is 5.73 Å². The van der Waals surface area contributed by atoms with E-state index in [9.17, 15) is 16.8 Å². The number of nitrogens with zero attached hydrogens (tertiary/aromatic N) is 1. The largest absolute Gasteiger partial charge is 0.326 e. The SMILES string of the molecule is CS(=O)(=O)CS(=O)(=O)N1CC[C@H](N)C1. The van der Waals surface area contributed by atoms with Gasteiger partial charge in [-0.05, 0) is 6.42 Å². The summed E-state index contributed by atoms with van der Waals surface area (Å²) in [6.45, 7) is 0.539. The van der Waals surface area contributed by atoms with Crippen molar-refractivity contribution < 1.29 is 16.8 Å². The molecule has 1 fully saturated rings. The first-order valence-corrected chi connectivity index (χ1v) is 7.79. The minimum absolute atomic E-state index is 0.177. The zero-order valence-corrected chi connectivity index (χ0v) is 9.51. The molecule has 0 saturated carbocycles. The van der Waals surface area contributed by atoms with E-state index in [0.717, 1.165) is 10.6 Å². The molecule has 84 valence electrons. The van der Waals surface area contributed by atoms with Gasteiger partial charge in [0.1, 0.15) is 0 Å². The van der Waals surface area contributed by atoms with Crippen molar-refractivity contribution in [2.75, 3.05) is 24.4 Å². The Morgan fingerprint density at radius 1 is 1.36 bits per heavy atom. The second-order valence-electron chi connectivity index (χ2n) is 3.56. The molecule has 0 bridgehead atoms. The molecular formula is C6H14N2O4S2. The summed E-state index contributed by atoms with van der Waals surface area (Å²) in [5.74, 6) is 0. The Balaban J connectivity index is 2.77. The molecule has 0 radical (unpaired) electrons. The Hall–Kier alpha value is -0.180. The Morgan fingerprint density at radius 3 is 2.29 bits per heavy atom. The molecule has 1 heterocycles. The van der Waals surface area contributed by atoms with Gasteiger partial charge in [0.2, 0.25) is 10.0 Å². The van der Waals surface area contributed by atoms with Crippen molar-refractivity contribution in [3.8, 4) is 0 Å². The van der Waals surface area contributed by atoms with Crippen molar-refractivity contribution in [1.82, 2.24) is 4.31 Å². The second-order valence-corrected chi connectivity index (χ2v) is 8.04. The highest BCUT2D eigenvalue weighted by atomic mass is 32.3. The van der Waals surface area contributed by atoms with E-state index >= 15 is 0 Å². The molecule has 2 N–H and O–H groups in total. The van der Waals surface area contributed by atoms with E-state index in [2.05, 4.69) is 0 Å². The van der Waals surface area contributed by atoms with Gasteiger partial charge in [0.05, 0.1) is 0 Å². The molecule has 14 heavy (non-hydrogen) atoms. The van der Waals surface area contributed by atoms with Crippen molar-refractivity contribution in [2.45, 2.75) is 12.5 Å². The molecule has 6 nitrogen and oxygen atoms in total. The highest BCUT2D eigenvalue weighted by Crippen LogP contribution is 2.13. The van der Waals surface area contributed by atoms with Crippen LogP contribution in [0.1, 0.15) is 6.42 Å². The normalized spacial score (nSPS) is 25.4. The maximum atomic E-state index is 11.5. The monoisotopic (exact) mass is 242 g/mol. The molecule has 0 aromatic rings. The lowest BCUT2D eigenvalue weighted by molar-refractivity contribution is 0.476. The average molecular weight is 242 g/mol. The fraction of sp³-hybridized carbons (Fsp3) is 1.00. The van der Waals surface area contributed by atoms with Gasteiger partial charge in [-0.15, -0.1) is 0 Å². The van der Waals surface area contributed by atoms with Gasteiger partial charge < -0.3 is 5.73 Å². The predicted molar refractivity (Wildman–Crippen MR) is 52.8 cm³/mol. The van der Waals surface area contributed by atoms with Crippen LogP contribution in [0.25, 0.3) is 0 Å². The van der Waals surface area contributed by atoms with Crippen molar-refractivity contribution in [3.05, 3.63) is 0 Å². The third-order valence-corrected chi connectivity index (χ3v) is 5.97. The Labute approximate surface area is 84.0 Å². The first kappa shape index (κ1) is 11.9. The molecule has 0 amide bonds. The lowest BCUT2D eigenvalue weighted by atomic mass is 10.3. The third kappa shape index (κ3) is 3.19. The maximum absolute atomic E-state index is 11.5. The number of sulfone groups is 1. The molecule has 1 saturated heterocycles. The summed E-state index contributed by atoms with van der Waals surface area (Å²) in [6.07, 6.45) is 1.49. The Morgan fingerprint density at radius 2 is 1.93 bits per heavy atom. The summed E-state index contributed by atoms with van der Waals surface area (Å²) in [6, 6.07) is -0.177. The molecule has 0 spiro atoms. The molecule has 1 rings (SSSR count). The molecule has 0 unspecified atom stereocenters. The third-order valence-electron chi connectivity index (χ3n) is 1.94. The van der Waals surface area contributed by atoms with Crippen molar-refractivity contribution in [3.63, 3.8) is 0 Å². The van der Waals surface area contributed by atoms with Gasteiger partial charge in [-0.1, -0.05) is 0 Å². The van der Waals surface area contributed by atoms with E-state index in [1.54, 1.807) is 0 Å². The van der Waals surface area contributed by atoms with E-state index < -0.39 is 24.9 Å². The molecule has 8 heteroatoms. The number of hydrogen-bond donors (Lipinski definition) is 1. The van der Waals surface area contributed by atoms with Gasteiger partial charge in [0.25, 0.3) is 0 Å². The van der Waals surface area contributed by atoms with Gasteiger partial charge >= 0.3 is 0 Å². The highest BCUT2D eigenvalue weighted by Gasteiger charge is 2.31. The number of rotatable bonds is 3. The van der Waals surface area contributed by atoms with E-state index in [4.69, 9.17) is 5.73 Å². The molecule has 0 aliphatic carbocycles. The minimum atomic E-state index is -3.69. The number of nitrogens with two attached hydrogens (primary N) is 1. The van der Waals surface area contributed by atoms with E-state index in [1.165, 1.54) is 0 Å². The lowest BCUT2D eigenvalue weighted by Gasteiger charge is -2.14. The van der Waals surface area contributed by atoms with Gasteiger partial charge in [-0.25, -0.2) is 16.8 Å². The average Bonchev–Trinajstić information content (AvgIpc) is 2.29. The number of hydrogen-bond acceptors (Lipinski definition) is 5. The zero-order valence-electron chi connectivity index (χ0n) is 7.88. The minimum Gasteiger partial charge on any atom is -0.326 e. The fourth-order valence-electron chi connectivity index (χ4n) is 1.35. The van der Waals surface area contributed by atoms with E-state index in [1.807, 2.05) is 0 Å². The van der Waals surface area contributed by atoms with Gasteiger partial charge in [0.15, 0.2) is 14.9 Å². The molecule has 0 aromatic heterocycles. The molecule has 0 aromatic carbocycles. The topological polar surface area (TPSA) is 97.5 Å². The summed E-state index contributed by atoms with van der Waals surface area (Å²) < 4.78 is 45.8. The van der Waals surface area contributed by atoms with Crippen LogP contribution in [0.2, 0.25) is 0 Å². The van der Waals surface area contributed by atoms with Crippen LogP contribution in [0.5, 0.6) is 0 Å². The second kappa shape index (κ2) is 3.76.